The standard InChI is InChI=1S/C17H30N2O/c1-5-9-19(12-14-6-7-14)13-15-8-10-20-16(15)11-18-17(2,3)4/h8,10,14,18H,5-7,9,11-13H2,1-4H3. The molecular weight excluding hydrogens is 248 g/mol. The maximum Gasteiger partial charge on any atom is 0.122 e. The summed E-state index contributed by atoms with van der Waals surface area (Å²) in [6.07, 6.45) is 5.89. The van der Waals surface area contributed by atoms with Crippen LogP contribution in [0, 0.1) is 5.92 Å². The molecule has 0 aromatic carbocycles. The third kappa shape index (κ3) is 5.29. The van der Waals surface area contributed by atoms with Crippen LogP contribution in [0.4, 0.5) is 0 Å². The summed E-state index contributed by atoms with van der Waals surface area (Å²) in [4.78, 5) is 2.59. The van der Waals surface area contributed by atoms with Crippen LogP contribution >= 0.6 is 0 Å². The summed E-state index contributed by atoms with van der Waals surface area (Å²) in [6, 6.07) is 2.13. The fraction of sp³-hybridized carbons (Fsp3) is 0.765. The first kappa shape index (κ1) is 15.6. The molecule has 114 valence electrons. The number of furan rings is 1. The van der Waals surface area contributed by atoms with E-state index in [9.17, 15) is 0 Å². The molecule has 0 spiro atoms. The van der Waals surface area contributed by atoms with Crippen LogP contribution in [-0.2, 0) is 13.1 Å². The highest BCUT2D eigenvalue weighted by Crippen LogP contribution is 2.30. The minimum Gasteiger partial charge on any atom is -0.468 e. The van der Waals surface area contributed by atoms with Crippen LogP contribution in [0.2, 0.25) is 0 Å². The summed E-state index contributed by atoms with van der Waals surface area (Å²) in [5.74, 6) is 2.04. The average Bonchev–Trinajstić information content (AvgIpc) is 3.04. The molecule has 3 heteroatoms. The monoisotopic (exact) mass is 278 g/mol. The Morgan fingerprint density at radius 2 is 2.10 bits per heavy atom. The molecule has 1 aromatic rings. The zero-order valence-corrected chi connectivity index (χ0v) is 13.5. The van der Waals surface area contributed by atoms with Gasteiger partial charge in [-0.3, -0.25) is 4.90 Å². The largest absolute Gasteiger partial charge is 0.468 e. The van der Waals surface area contributed by atoms with E-state index in [1.165, 1.54) is 37.9 Å². The molecule has 3 nitrogen and oxygen atoms in total. The van der Waals surface area contributed by atoms with Crippen LogP contribution < -0.4 is 5.32 Å². The molecule has 20 heavy (non-hydrogen) atoms. The first-order valence-electron chi connectivity index (χ1n) is 8.00. The van der Waals surface area contributed by atoms with Crippen molar-refractivity contribution in [3.05, 3.63) is 23.7 Å². The Bertz CT molecular complexity index is 401. The highest BCUT2D eigenvalue weighted by atomic mass is 16.3. The molecule has 1 saturated carbocycles. The van der Waals surface area contributed by atoms with Crippen molar-refractivity contribution in [3.8, 4) is 0 Å². The maximum absolute atomic E-state index is 5.67. The Hall–Kier alpha value is -0.800. The van der Waals surface area contributed by atoms with Crippen LogP contribution in [0.1, 0.15) is 58.3 Å². The van der Waals surface area contributed by atoms with Crippen LogP contribution in [-0.4, -0.2) is 23.5 Å². The first-order chi connectivity index (χ1) is 9.48. The third-order valence-corrected chi connectivity index (χ3v) is 3.76. The van der Waals surface area contributed by atoms with Gasteiger partial charge in [0.1, 0.15) is 5.76 Å². The van der Waals surface area contributed by atoms with Gasteiger partial charge in [0, 0.05) is 24.2 Å². The van der Waals surface area contributed by atoms with E-state index in [1.54, 1.807) is 0 Å². The van der Waals surface area contributed by atoms with Gasteiger partial charge in [-0.2, -0.15) is 0 Å². The van der Waals surface area contributed by atoms with Crippen molar-refractivity contribution in [1.29, 1.82) is 0 Å². The van der Waals surface area contributed by atoms with Crippen molar-refractivity contribution in [2.45, 2.75) is 65.6 Å². The topological polar surface area (TPSA) is 28.4 Å². The summed E-state index contributed by atoms with van der Waals surface area (Å²) < 4.78 is 5.67. The molecule has 1 aliphatic rings. The zero-order valence-electron chi connectivity index (χ0n) is 13.5. The molecule has 0 unspecified atom stereocenters. The van der Waals surface area contributed by atoms with E-state index in [0.717, 1.165) is 24.8 Å². The van der Waals surface area contributed by atoms with E-state index < -0.39 is 0 Å². The zero-order chi connectivity index (χ0) is 14.6. The van der Waals surface area contributed by atoms with Gasteiger partial charge in [0.15, 0.2) is 0 Å². The highest BCUT2D eigenvalue weighted by Gasteiger charge is 2.24. The second-order valence-corrected chi connectivity index (χ2v) is 7.15. The highest BCUT2D eigenvalue weighted by molar-refractivity contribution is 5.17. The minimum atomic E-state index is 0.126. The molecule has 0 saturated heterocycles. The van der Waals surface area contributed by atoms with Gasteiger partial charge >= 0.3 is 0 Å². The minimum absolute atomic E-state index is 0.126. The summed E-state index contributed by atoms with van der Waals surface area (Å²) >= 11 is 0. The van der Waals surface area contributed by atoms with Gasteiger partial charge in [-0.1, -0.05) is 6.92 Å². The Kier molecular flexibility index (Phi) is 5.28. The normalized spacial score (nSPS) is 16.1. The van der Waals surface area contributed by atoms with Crippen LogP contribution in [0.5, 0.6) is 0 Å². The summed E-state index contributed by atoms with van der Waals surface area (Å²) in [5, 5.41) is 3.51. The van der Waals surface area contributed by atoms with E-state index in [1.807, 2.05) is 6.26 Å². The van der Waals surface area contributed by atoms with Gasteiger partial charge in [-0.25, -0.2) is 0 Å². The number of rotatable bonds is 8. The predicted molar refractivity (Wildman–Crippen MR) is 83.6 cm³/mol. The number of nitrogens with one attached hydrogen (secondary N) is 1. The quantitative estimate of drug-likeness (QED) is 0.784. The first-order valence-corrected chi connectivity index (χ1v) is 8.00. The van der Waals surface area contributed by atoms with E-state index >= 15 is 0 Å². The lowest BCUT2D eigenvalue weighted by Gasteiger charge is -2.23. The van der Waals surface area contributed by atoms with Gasteiger partial charge in [0.2, 0.25) is 0 Å². The molecule has 0 bridgehead atoms. The van der Waals surface area contributed by atoms with Crippen molar-refractivity contribution in [2.24, 2.45) is 5.92 Å². The molecule has 0 amide bonds. The second kappa shape index (κ2) is 6.77. The van der Waals surface area contributed by atoms with Gasteiger partial charge in [0.05, 0.1) is 12.8 Å². The number of hydrogen-bond donors (Lipinski definition) is 1. The number of hydrogen-bond acceptors (Lipinski definition) is 3. The average molecular weight is 278 g/mol. The summed E-state index contributed by atoms with van der Waals surface area (Å²) in [5.41, 5.74) is 1.47. The van der Waals surface area contributed by atoms with E-state index in [0.29, 0.717) is 0 Å². The molecule has 1 fully saturated rings. The second-order valence-electron chi connectivity index (χ2n) is 7.15. The SMILES string of the molecule is CCCN(Cc1ccoc1CNC(C)(C)C)CC1CC1. The van der Waals surface area contributed by atoms with Crippen LogP contribution in [0.25, 0.3) is 0 Å². The molecule has 1 aliphatic carbocycles. The van der Waals surface area contributed by atoms with Crippen LogP contribution in [0.15, 0.2) is 16.7 Å². The molecule has 0 radical (unpaired) electrons. The lowest BCUT2D eigenvalue weighted by atomic mass is 10.1. The van der Waals surface area contributed by atoms with E-state index in [4.69, 9.17) is 4.42 Å². The molecule has 2 rings (SSSR count). The van der Waals surface area contributed by atoms with Gasteiger partial charge in [-0.05, 0) is 58.6 Å². The Morgan fingerprint density at radius 3 is 2.70 bits per heavy atom. The lowest BCUT2D eigenvalue weighted by Crippen LogP contribution is -2.35. The maximum atomic E-state index is 5.67. The Balaban J connectivity index is 1.91. The van der Waals surface area contributed by atoms with Gasteiger partial charge in [0.25, 0.3) is 0 Å². The van der Waals surface area contributed by atoms with E-state index in [-0.39, 0.29) is 5.54 Å². The fourth-order valence-electron chi connectivity index (χ4n) is 2.47. The fourth-order valence-corrected chi connectivity index (χ4v) is 2.47. The molecule has 1 aromatic heterocycles. The van der Waals surface area contributed by atoms with Crippen molar-refractivity contribution >= 4 is 0 Å². The molecular formula is C17H30N2O. The smallest absolute Gasteiger partial charge is 0.122 e. The van der Waals surface area contributed by atoms with Crippen LogP contribution in [0.3, 0.4) is 0 Å². The van der Waals surface area contributed by atoms with Crippen molar-refractivity contribution < 1.29 is 4.42 Å². The van der Waals surface area contributed by atoms with Gasteiger partial charge in [-0.15, -0.1) is 0 Å². The Morgan fingerprint density at radius 1 is 1.35 bits per heavy atom. The molecule has 0 aliphatic heterocycles. The third-order valence-electron chi connectivity index (χ3n) is 3.76. The van der Waals surface area contributed by atoms with Crippen molar-refractivity contribution in [2.75, 3.05) is 13.1 Å². The molecule has 1 N–H and O–H groups in total. The lowest BCUT2D eigenvalue weighted by molar-refractivity contribution is 0.252. The van der Waals surface area contributed by atoms with Gasteiger partial charge < -0.3 is 9.73 Å². The number of nitrogens with zero attached hydrogens (tertiary/aromatic N) is 1. The predicted octanol–water partition coefficient (Wildman–Crippen LogP) is 3.79. The summed E-state index contributed by atoms with van der Waals surface area (Å²) in [6.45, 7) is 13.1. The van der Waals surface area contributed by atoms with Crippen molar-refractivity contribution in [1.82, 2.24) is 10.2 Å². The molecule has 0 atom stereocenters. The van der Waals surface area contributed by atoms with E-state index in [2.05, 4.69) is 44.0 Å². The Labute approximate surface area is 123 Å². The molecule has 1 heterocycles. The summed E-state index contributed by atoms with van der Waals surface area (Å²) in [7, 11) is 0. The van der Waals surface area contributed by atoms with Crippen molar-refractivity contribution in [3.63, 3.8) is 0 Å².